The first-order chi connectivity index (χ1) is 9.31. The van der Waals surface area contributed by atoms with Crippen LogP contribution in [-0.4, -0.2) is 19.6 Å². The molecule has 3 heterocycles. The third-order valence-electron chi connectivity index (χ3n) is 3.53. The van der Waals surface area contributed by atoms with Gasteiger partial charge in [-0.05, 0) is 24.1 Å². The summed E-state index contributed by atoms with van der Waals surface area (Å²) < 4.78 is 1.93. The second-order valence-corrected chi connectivity index (χ2v) is 4.87. The van der Waals surface area contributed by atoms with E-state index in [1.807, 2.05) is 17.4 Å². The van der Waals surface area contributed by atoms with Crippen LogP contribution in [0.4, 0.5) is 0 Å². The Morgan fingerprint density at radius 3 is 2.95 bits per heavy atom. The zero-order valence-corrected chi connectivity index (χ0v) is 10.6. The van der Waals surface area contributed by atoms with E-state index in [0.29, 0.717) is 0 Å². The average Bonchev–Trinajstić information content (AvgIpc) is 3.02. The van der Waals surface area contributed by atoms with Gasteiger partial charge in [-0.3, -0.25) is 4.40 Å². The van der Waals surface area contributed by atoms with Gasteiger partial charge in [0, 0.05) is 30.4 Å². The minimum absolute atomic E-state index is 0.834. The highest BCUT2D eigenvalue weighted by molar-refractivity contribution is 5.61. The number of aryl methyl sites for hydroxylation is 1. The lowest BCUT2D eigenvalue weighted by atomic mass is 10.1. The van der Waals surface area contributed by atoms with Gasteiger partial charge >= 0.3 is 0 Å². The fourth-order valence-electron chi connectivity index (χ4n) is 2.52. The predicted molar refractivity (Wildman–Crippen MR) is 71.5 cm³/mol. The zero-order chi connectivity index (χ0) is 12.8. The molecule has 1 aromatic carbocycles. The van der Waals surface area contributed by atoms with Crippen LogP contribution >= 0.6 is 0 Å². The number of nitrogens with one attached hydrogen (secondary N) is 1. The standard InChI is InChI=1S/C14H13N5/c1-9-4-13-17-18-14(19(13)8-16-9)10-2-3-11-6-15-7-12(11)5-10/h2-5,8,15H,6-7H2,1H3. The van der Waals surface area contributed by atoms with Gasteiger partial charge in [0.2, 0.25) is 0 Å². The van der Waals surface area contributed by atoms with Crippen molar-refractivity contribution in [2.24, 2.45) is 0 Å². The molecule has 3 aromatic rings. The van der Waals surface area contributed by atoms with Crippen molar-refractivity contribution < 1.29 is 0 Å². The van der Waals surface area contributed by atoms with Gasteiger partial charge in [-0.1, -0.05) is 12.1 Å². The van der Waals surface area contributed by atoms with Crippen LogP contribution in [0.2, 0.25) is 0 Å². The van der Waals surface area contributed by atoms with Crippen molar-refractivity contribution in [1.82, 2.24) is 24.9 Å². The Bertz CT molecular complexity index is 775. The monoisotopic (exact) mass is 251 g/mol. The molecule has 0 fully saturated rings. The maximum absolute atomic E-state index is 4.31. The van der Waals surface area contributed by atoms with E-state index in [-0.39, 0.29) is 0 Å². The van der Waals surface area contributed by atoms with E-state index in [1.54, 1.807) is 6.33 Å². The summed E-state index contributed by atoms with van der Waals surface area (Å²) in [6.45, 7) is 3.84. The van der Waals surface area contributed by atoms with Gasteiger partial charge < -0.3 is 5.32 Å². The summed E-state index contributed by atoms with van der Waals surface area (Å²) in [7, 11) is 0. The molecule has 0 bridgehead atoms. The quantitative estimate of drug-likeness (QED) is 0.715. The van der Waals surface area contributed by atoms with Crippen LogP contribution in [0.1, 0.15) is 16.8 Å². The Kier molecular flexibility index (Phi) is 2.16. The summed E-state index contributed by atoms with van der Waals surface area (Å²) in [5, 5.41) is 11.8. The lowest BCUT2D eigenvalue weighted by Crippen LogP contribution is -1.99. The molecule has 1 N–H and O–H groups in total. The Morgan fingerprint density at radius 1 is 1.11 bits per heavy atom. The second kappa shape index (κ2) is 3.86. The number of aromatic nitrogens is 4. The van der Waals surface area contributed by atoms with Gasteiger partial charge in [0.05, 0.1) is 0 Å². The molecule has 5 nitrogen and oxygen atoms in total. The van der Waals surface area contributed by atoms with Crippen LogP contribution < -0.4 is 5.32 Å². The smallest absolute Gasteiger partial charge is 0.169 e. The Morgan fingerprint density at radius 2 is 2.00 bits per heavy atom. The second-order valence-electron chi connectivity index (χ2n) is 4.87. The van der Waals surface area contributed by atoms with Crippen LogP contribution in [0, 0.1) is 6.92 Å². The summed E-state index contributed by atoms with van der Waals surface area (Å²) in [6, 6.07) is 8.38. The molecule has 0 amide bonds. The van der Waals surface area contributed by atoms with E-state index in [0.717, 1.165) is 35.8 Å². The number of nitrogens with zero attached hydrogens (tertiary/aromatic N) is 4. The first-order valence-electron chi connectivity index (χ1n) is 6.31. The first kappa shape index (κ1) is 10.6. The molecule has 0 saturated carbocycles. The average molecular weight is 251 g/mol. The van der Waals surface area contributed by atoms with Crippen molar-refractivity contribution in [1.29, 1.82) is 0 Å². The van der Waals surface area contributed by atoms with Gasteiger partial charge in [0.25, 0.3) is 0 Å². The summed E-state index contributed by atoms with van der Waals surface area (Å²) in [4.78, 5) is 4.31. The molecular formula is C14H13N5. The lowest BCUT2D eigenvalue weighted by Gasteiger charge is -2.03. The van der Waals surface area contributed by atoms with Gasteiger partial charge in [-0.15, -0.1) is 10.2 Å². The Hall–Kier alpha value is -2.27. The van der Waals surface area contributed by atoms with E-state index in [9.17, 15) is 0 Å². The molecule has 1 aliphatic rings. The normalized spacial score (nSPS) is 13.9. The van der Waals surface area contributed by atoms with Gasteiger partial charge in [0.1, 0.15) is 6.33 Å². The first-order valence-corrected chi connectivity index (χ1v) is 6.31. The van der Waals surface area contributed by atoms with Gasteiger partial charge in [-0.2, -0.15) is 0 Å². The summed E-state index contributed by atoms with van der Waals surface area (Å²) in [5.41, 5.74) is 5.58. The topological polar surface area (TPSA) is 55.1 Å². The molecule has 4 rings (SSSR count). The van der Waals surface area contributed by atoms with Crippen molar-refractivity contribution in [2.75, 3.05) is 0 Å². The van der Waals surface area contributed by atoms with Crippen molar-refractivity contribution in [3.05, 3.63) is 47.4 Å². The molecule has 0 aliphatic carbocycles. The minimum atomic E-state index is 0.834. The van der Waals surface area contributed by atoms with Crippen LogP contribution in [0.5, 0.6) is 0 Å². The summed E-state index contributed by atoms with van der Waals surface area (Å²) >= 11 is 0. The van der Waals surface area contributed by atoms with Crippen LogP contribution in [0.15, 0.2) is 30.6 Å². The third kappa shape index (κ3) is 1.62. The molecule has 0 atom stereocenters. The van der Waals surface area contributed by atoms with Crippen molar-refractivity contribution in [2.45, 2.75) is 20.0 Å². The highest BCUT2D eigenvalue weighted by Gasteiger charge is 2.14. The number of rotatable bonds is 1. The van der Waals surface area contributed by atoms with Crippen molar-refractivity contribution in [3.8, 4) is 11.4 Å². The lowest BCUT2D eigenvalue weighted by molar-refractivity contribution is 0.765. The number of fused-ring (bicyclic) bond motifs is 2. The van der Waals surface area contributed by atoms with Gasteiger partial charge in [-0.25, -0.2) is 4.98 Å². The van der Waals surface area contributed by atoms with Crippen molar-refractivity contribution >= 4 is 5.65 Å². The Balaban J connectivity index is 1.90. The molecule has 94 valence electrons. The molecule has 2 aromatic heterocycles. The third-order valence-corrected chi connectivity index (χ3v) is 3.53. The predicted octanol–water partition coefficient (Wildman–Crippen LogP) is 1.70. The van der Waals surface area contributed by atoms with Gasteiger partial charge in [0.15, 0.2) is 11.5 Å². The highest BCUT2D eigenvalue weighted by atomic mass is 15.3. The van der Waals surface area contributed by atoms with E-state index < -0.39 is 0 Å². The largest absolute Gasteiger partial charge is 0.309 e. The van der Waals surface area contributed by atoms with E-state index in [1.165, 1.54) is 11.1 Å². The molecular weight excluding hydrogens is 238 g/mol. The van der Waals surface area contributed by atoms with E-state index in [4.69, 9.17) is 0 Å². The molecule has 0 spiro atoms. The van der Waals surface area contributed by atoms with E-state index in [2.05, 4.69) is 38.7 Å². The molecule has 0 unspecified atom stereocenters. The SMILES string of the molecule is Cc1cc2nnc(-c3ccc4c(c3)CNC4)n2cn1. The maximum Gasteiger partial charge on any atom is 0.169 e. The highest BCUT2D eigenvalue weighted by Crippen LogP contribution is 2.24. The summed E-state index contributed by atoms with van der Waals surface area (Å²) in [5.74, 6) is 0.845. The Labute approximate surface area is 110 Å². The number of hydrogen-bond donors (Lipinski definition) is 1. The van der Waals surface area contributed by atoms with Crippen molar-refractivity contribution in [3.63, 3.8) is 0 Å². The molecule has 1 aliphatic heterocycles. The number of hydrogen-bond acceptors (Lipinski definition) is 4. The molecule has 0 radical (unpaired) electrons. The molecule has 5 heteroatoms. The molecule has 0 saturated heterocycles. The number of benzene rings is 1. The summed E-state index contributed by atoms with van der Waals surface area (Å²) in [6.07, 6.45) is 1.78. The van der Waals surface area contributed by atoms with Crippen LogP contribution in [0.3, 0.4) is 0 Å². The fraction of sp³-hybridized carbons (Fsp3) is 0.214. The minimum Gasteiger partial charge on any atom is -0.309 e. The zero-order valence-electron chi connectivity index (χ0n) is 10.6. The fourth-order valence-corrected chi connectivity index (χ4v) is 2.52. The molecule has 19 heavy (non-hydrogen) atoms. The van der Waals surface area contributed by atoms with E-state index >= 15 is 0 Å². The maximum atomic E-state index is 4.31. The van der Waals surface area contributed by atoms with Crippen LogP contribution in [0.25, 0.3) is 17.0 Å². The van der Waals surface area contributed by atoms with Crippen LogP contribution in [-0.2, 0) is 13.1 Å².